The van der Waals surface area contributed by atoms with Crippen LogP contribution in [0.15, 0.2) is 22.7 Å². The summed E-state index contributed by atoms with van der Waals surface area (Å²) >= 11 is 3.58. The minimum atomic E-state index is 0.206. The molecule has 76 valence electrons. The average molecular weight is 255 g/mol. The molecule has 2 heteroatoms. The maximum absolute atomic E-state index is 9.25. The van der Waals surface area contributed by atoms with Crippen LogP contribution >= 0.6 is 15.9 Å². The minimum Gasteiger partial charge on any atom is -0.396 e. The topological polar surface area (TPSA) is 20.2 Å². The number of aliphatic hydroxyl groups excluding tert-OH is 1. The van der Waals surface area contributed by atoms with Crippen LogP contribution < -0.4 is 0 Å². The first-order valence-electron chi connectivity index (χ1n) is 5.01. The minimum absolute atomic E-state index is 0.206. The second-order valence-electron chi connectivity index (χ2n) is 4.43. The van der Waals surface area contributed by atoms with Crippen molar-refractivity contribution in [3.05, 3.63) is 33.8 Å². The zero-order valence-corrected chi connectivity index (χ0v) is 9.97. The Balaban J connectivity index is 2.17. The molecule has 1 aliphatic carbocycles. The molecule has 1 saturated carbocycles. The third-order valence-electron chi connectivity index (χ3n) is 3.07. The Bertz CT molecular complexity index is 342. The highest BCUT2D eigenvalue weighted by atomic mass is 79.9. The monoisotopic (exact) mass is 254 g/mol. The summed E-state index contributed by atoms with van der Waals surface area (Å²) in [4.78, 5) is 0. The van der Waals surface area contributed by atoms with E-state index in [0.29, 0.717) is 6.61 Å². The Morgan fingerprint density at radius 2 is 2.14 bits per heavy atom. The molecule has 0 amide bonds. The predicted molar refractivity (Wildman–Crippen MR) is 61.3 cm³/mol. The molecule has 1 aromatic carbocycles. The van der Waals surface area contributed by atoms with Crippen LogP contribution in [0.2, 0.25) is 0 Å². The van der Waals surface area contributed by atoms with Crippen LogP contribution in [0.1, 0.15) is 24.0 Å². The Labute approximate surface area is 93.3 Å². The molecule has 14 heavy (non-hydrogen) atoms. The van der Waals surface area contributed by atoms with Gasteiger partial charge in [0.25, 0.3) is 0 Å². The molecule has 0 saturated heterocycles. The van der Waals surface area contributed by atoms with E-state index < -0.39 is 0 Å². The second kappa shape index (κ2) is 3.67. The van der Waals surface area contributed by atoms with Crippen molar-refractivity contribution in [3.63, 3.8) is 0 Å². The molecule has 0 bridgehead atoms. The zero-order chi connectivity index (χ0) is 10.2. The lowest BCUT2D eigenvalue weighted by Gasteiger charge is -2.13. The quantitative estimate of drug-likeness (QED) is 0.880. The molecule has 0 atom stereocenters. The van der Waals surface area contributed by atoms with E-state index in [-0.39, 0.29) is 5.41 Å². The summed E-state index contributed by atoms with van der Waals surface area (Å²) in [5.74, 6) is 0. The molecule has 0 aliphatic heterocycles. The Hall–Kier alpha value is -0.340. The smallest absolute Gasteiger partial charge is 0.0490 e. The maximum atomic E-state index is 9.25. The molecule has 0 radical (unpaired) electrons. The number of aryl methyl sites for hydroxylation is 1. The van der Waals surface area contributed by atoms with Crippen molar-refractivity contribution in [1.29, 1.82) is 0 Å². The zero-order valence-electron chi connectivity index (χ0n) is 8.39. The van der Waals surface area contributed by atoms with E-state index in [9.17, 15) is 5.11 Å². The van der Waals surface area contributed by atoms with Gasteiger partial charge in [-0.2, -0.15) is 0 Å². The van der Waals surface area contributed by atoms with Gasteiger partial charge in [-0.05, 0) is 48.8 Å². The van der Waals surface area contributed by atoms with Gasteiger partial charge in [-0.3, -0.25) is 0 Å². The summed E-state index contributed by atoms with van der Waals surface area (Å²) in [6.45, 7) is 2.42. The number of benzene rings is 1. The average Bonchev–Trinajstić information content (AvgIpc) is 2.91. The first-order chi connectivity index (χ1) is 6.65. The van der Waals surface area contributed by atoms with Gasteiger partial charge in [0.15, 0.2) is 0 Å². The number of hydrogen-bond acceptors (Lipinski definition) is 1. The molecule has 0 heterocycles. The summed E-state index contributed by atoms with van der Waals surface area (Å²) in [5, 5.41) is 9.25. The molecule has 0 spiro atoms. The first kappa shape index (κ1) is 10.2. The molecule has 1 aromatic rings. The second-order valence-corrected chi connectivity index (χ2v) is 5.28. The molecule has 1 aliphatic rings. The third-order valence-corrected chi connectivity index (χ3v) is 3.80. The molecular weight excluding hydrogens is 240 g/mol. The molecule has 1 N–H and O–H groups in total. The van der Waals surface area contributed by atoms with Crippen molar-refractivity contribution in [2.24, 2.45) is 5.41 Å². The number of aliphatic hydroxyl groups is 1. The van der Waals surface area contributed by atoms with E-state index in [1.54, 1.807) is 0 Å². The van der Waals surface area contributed by atoms with E-state index in [2.05, 4.69) is 41.1 Å². The number of halogens is 1. The van der Waals surface area contributed by atoms with Crippen LogP contribution in [0.25, 0.3) is 0 Å². The van der Waals surface area contributed by atoms with E-state index in [4.69, 9.17) is 0 Å². The summed E-state index contributed by atoms with van der Waals surface area (Å²) in [5.41, 5.74) is 2.80. The summed E-state index contributed by atoms with van der Waals surface area (Å²) in [6.07, 6.45) is 3.35. The summed E-state index contributed by atoms with van der Waals surface area (Å²) in [6, 6.07) is 6.44. The summed E-state index contributed by atoms with van der Waals surface area (Å²) in [7, 11) is 0. The fraction of sp³-hybridized carbons (Fsp3) is 0.500. The van der Waals surface area contributed by atoms with Gasteiger partial charge in [0.05, 0.1) is 0 Å². The van der Waals surface area contributed by atoms with Crippen LogP contribution in [0.4, 0.5) is 0 Å². The van der Waals surface area contributed by atoms with Crippen molar-refractivity contribution < 1.29 is 5.11 Å². The lowest BCUT2D eigenvalue weighted by Crippen LogP contribution is -2.10. The summed E-state index contributed by atoms with van der Waals surface area (Å²) < 4.78 is 1.18. The fourth-order valence-electron chi connectivity index (χ4n) is 1.77. The van der Waals surface area contributed by atoms with Crippen molar-refractivity contribution in [1.82, 2.24) is 0 Å². The predicted octanol–water partition coefficient (Wildman–Crippen LogP) is 3.07. The number of rotatable bonds is 3. The lowest BCUT2D eigenvalue weighted by atomic mass is 9.97. The van der Waals surface area contributed by atoms with Gasteiger partial charge in [0.2, 0.25) is 0 Å². The molecule has 0 unspecified atom stereocenters. The van der Waals surface area contributed by atoms with Gasteiger partial charge in [-0.25, -0.2) is 0 Å². The van der Waals surface area contributed by atoms with Crippen LogP contribution in [-0.4, -0.2) is 11.7 Å². The highest BCUT2D eigenvalue weighted by Crippen LogP contribution is 2.48. The lowest BCUT2D eigenvalue weighted by molar-refractivity contribution is 0.211. The fourth-order valence-corrected chi connectivity index (χ4v) is 2.40. The van der Waals surface area contributed by atoms with Crippen LogP contribution in [0, 0.1) is 12.3 Å². The molecular formula is C12H15BrO. The molecule has 1 fully saturated rings. The molecule has 1 nitrogen and oxygen atoms in total. The van der Waals surface area contributed by atoms with Gasteiger partial charge in [0, 0.05) is 11.1 Å². The Morgan fingerprint density at radius 3 is 2.64 bits per heavy atom. The SMILES string of the molecule is Cc1ccc(CC2(CO)CC2)c(Br)c1. The van der Waals surface area contributed by atoms with Gasteiger partial charge in [0.1, 0.15) is 0 Å². The van der Waals surface area contributed by atoms with Gasteiger partial charge >= 0.3 is 0 Å². The first-order valence-corrected chi connectivity index (χ1v) is 5.80. The van der Waals surface area contributed by atoms with Gasteiger partial charge in [-0.15, -0.1) is 0 Å². The Morgan fingerprint density at radius 1 is 1.43 bits per heavy atom. The van der Waals surface area contributed by atoms with Crippen molar-refractivity contribution in [3.8, 4) is 0 Å². The van der Waals surface area contributed by atoms with E-state index >= 15 is 0 Å². The van der Waals surface area contributed by atoms with Crippen molar-refractivity contribution in [2.45, 2.75) is 26.2 Å². The van der Waals surface area contributed by atoms with E-state index in [0.717, 1.165) is 6.42 Å². The van der Waals surface area contributed by atoms with Crippen molar-refractivity contribution >= 4 is 15.9 Å². The van der Waals surface area contributed by atoms with Gasteiger partial charge < -0.3 is 5.11 Å². The van der Waals surface area contributed by atoms with Gasteiger partial charge in [-0.1, -0.05) is 28.1 Å². The van der Waals surface area contributed by atoms with E-state index in [1.165, 1.54) is 28.4 Å². The van der Waals surface area contributed by atoms with E-state index in [1.807, 2.05) is 0 Å². The van der Waals surface area contributed by atoms with Crippen LogP contribution in [0.3, 0.4) is 0 Å². The standard InChI is InChI=1S/C12H15BrO/c1-9-2-3-10(11(13)6-9)7-12(8-14)4-5-12/h2-3,6,14H,4-5,7-8H2,1H3. The van der Waals surface area contributed by atoms with Crippen LogP contribution in [0.5, 0.6) is 0 Å². The van der Waals surface area contributed by atoms with Crippen LogP contribution in [-0.2, 0) is 6.42 Å². The normalized spacial score (nSPS) is 18.2. The maximum Gasteiger partial charge on any atom is 0.0490 e. The highest BCUT2D eigenvalue weighted by Gasteiger charge is 2.42. The third kappa shape index (κ3) is 2.01. The molecule has 0 aromatic heterocycles. The van der Waals surface area contributed by atoms with Crippen molar-refractivity contribution in [2.75, 3.05) is 6.61 Å². The Kier molecular flexibility index (Phi) is 2.67. The number of hydrogen-bond donors (Lipinski definition) is 1. The largest absolute Gasteiger partial charge is 0.396 e. The highest BCUT2D eigenvalue weighted by molar-refractivity contribution is 9.10. The molecule has 2 rings (SSSR count).